The van der Waals surface area contributed by atoms with Gasteiger partial charge in [-0.15, -0.1) is 0 Å². The van der Waals surface area contributed by atoms with Crippen molar-refractivity contribution >= 4 is 0 Å². The third-order valence-corrected chi connectivity index (χ3v) is 3.61. The molecule has 2 atom stereocenters. The predicted octanol–water partition coefficient (Wildman–Crippen LogP) is 1.87. The summed E-state index contributed by atoms with van der Waals surface area (Å²) in [6.45, 7) is 5.84. The van der Waals surface area contributed by atoms with Crippen LogP contribution in [-0.2, 0) is 11.3 Å². The van der Waals surface area contributed by atoms with E-state index in [0.717, 1.165) is 31.9 Å². The number of likely N-dealkylation sites (N-methyl/N-ethyl adjacent to an activating group) is 1. The molecule has 18 heavy (non-hydrogen) atoms. The SMILES string of the molecule is CC1CC(NCCCOCc2ccco2)CN1C. The summed E-state index contributed by atoms with van der Waals surface area (Å²) in [5, 5.41) is 3.59. The Morgan fingerprint density at radius 2 is 2.44 bits per heavy atom. The maximum Gasteiger partial charge on any atom is 0.129 e. The van der Waals surface area contributed by atoms with Crippen molar-refractivity contribution in [2.45, 2.75) is 38.5 Å². The summed E-state index contributed by atoms with van der Waals surface area (Å²) in [5.41, 5.74) is 0. The van der Waals surface area contributed by atoms with E-state index in [1.54, 1.807) is 6.26 Å². The van der Waals surface area contributed by atoms with E-state index in [2.05, 4.69) is 24.2 Å². The van der Waals surface area contributed by atoms with Gasteiger partial charge in [-0.2, -0.15) is 0 Å². The topological polar surface area (TPSA) is 37.6 Å². The quantitative estimate of drug-likeness (QED) is 0.752. The van der Waals surface area contributed by atoms with Gasteiger partial charge in [-0.1, -0.05) is 0 Å². The minimum atomic E-state index is 0.580. The zero-order valence-corrected chi connectivity index (χ0v) is 11.4. The van der Waals surface area contributed by atoms with Crippen LogP contribution < -0.4 is 5.32 Å². The molecule has 1 aromatic heterocycles. The highest BCUT2D eigenvalue weighted by molar-refractivity contribution is 4.95. The van der Waals surface area contributed by atoms with E-state index in [9.17, 15) is 0 Å². The maximum atomic E-state index is 5.54. The van der Waals surface area contributed by atoms with Gasteiger partial charge in [0.25, 0.3) is 0 Å². The minimum absolute atomic E-state index is 0.580. The van der Waals surface area contributed by atoms with Crippen LogP contribution >= 0.6 is 0 Å². The second-order valence-corrected chi connectivity index (χ2v) is 5.16. The molecule has 1 N–H and O–H groups in total. The number of hydrogen-bond acceptors (Lipinski definition) is 4. The Kier molecular flexibility index (Phi) is 5.23. The van der Waals surface area contributed by atoms with Crippen LogP contribution in [-0.4, -0.2) is 43.7 Å². The highest BCUT2D eigenvalue weighted by Gasteiger charge is 2.24. The molecule has 4 heteroatoms. The summed E-state index contributed by atoms with van der Waals surface area (Å²) in [4.78, 5) is 2.41. The second kappa shape index (κ2) is 6.92. The van der Waals surface area contributed by atoms with Gasteiger partial charge in [0, 0.05) is 25.2 Å². The molecule has 0 aromatic carbocycles. The molecule has 1 aliphatic heterocycles. The number of hydrogen-bond donors (Lipinski definition) is 1. The van der Waals surface area contributed by atoms with E-state index >= 15 is 0 Å². The third kappa shape index (κ3) is 4.12. The Hall–Kier alpha value is -0.840. The third-order valence-electron chi connectivity index (χ3n) is 3.61. The first-order valence-electron chi connectivity index (χ1n) is 6.79. The Balaban J connectivity index is 1.47. The fourth-order valence-corrected chi connectivity index (χ4v) is 2.39. The Bertz CT molecular complexity index is 317. The summed E-state index contributed by atoms with van der Waals surface area (Å²) >= 11 is 0. The summed E-state index contributed by atoms with van der Waals surface area (Å²) in [6.07, 6.45) is 3.98. The summed E-state index contributed by atoms with van der Waals surface area (Å²) < 4.78 is 10.7. The first kappa shape index (κ1) is 13.6. The second-order valence-electron chi connectivity index (χ2n) is 5.16. The Morgan fingerprint density at radius 1 is 1.56 bits per heavy atom. The minimum Gasteiger partial charge on any atom is -0.467 e. The van der Waals surface area contributed by atoms with Crippen LogP contribution in [0.1, 0.15) is 25.5 Å². The molecule has 0 bridgehead atoms. The van der Waals surface area contributed by atoms with Crippen molar-refractivity contribution < 1.29 is 9.15 Å². The van der Waals surface area contributed by atoms with Gasteiger partial charge in [0.05, 0.1) is 6.26 Å². The van der Waals surface area contributed by atoms with Crippen LogP contribution in [0, 0.1) is 0 Å². The fourth-order valence-electron chi connectivity index (χ4n) is 2.39. The van der Waals surface area contributed by atoms with Crippen molar-refractivity contribution in [1.29, 1.82) is 0 Å². The summed E-state index contributed by atoms with van der Waals surface area (Å²) in [5.74, 6) is 0.897. The number of nitrogens with one attached hydrogen (secondary N) is 1. The average Bonchev–Trinajstić information content (AvgIpc) is 2.95. The molecular weight excluding hydrogens is 228 g/mol. The largest absolute Gasteiger partial charge is 0.467 e. The zero-order valence-electron chi connectivity index (χ0n) is 11.4. The molecule has 0 saturated carbocycles. The molecule has 2 heterocycles. The number of likely N-dealkylation sites (tertiary alicyclic amines) is 1. The zero-order chi connectivity index (χ0) is 12.8. The molecule has 0 radical (unpaired) electrons. The Morgan fingerprint density at radius 3 is 3.11 bits per heavy atom. The molecule has 2 unspecified atom stereocenters. The molecule has 0 amide bonds. The van der Waals surface area contributed by atoms with Crippen LogP contribution in [0.5, 0.6) is 0 Å². The first-order chi connectivity index (χ1) is 8.75. The van der Waals surface area contributed by atoms with Crippen molar-refractivity contribution in [1.82, 2.24) is 10.2 Å². The molecular formula is C14H24N2O2. The molecule has 0 aliphatic carbocycles. The number of rotatable bonds is 7. The lowest BCUT2D eigenvalue weighted by atomic mass is 10.2. The number of ether oxygens (including phenoxy) is 1. The average molecular weight is 252 g/mol. The predicted molar refractivity (Wildman–Crippen MR) is 71.5 cm³/mol. The van der Waals surface area contributed by atoms with Crippen LogP contribution in [0.2, 0.25) is 0 Å². The van der Waals surface area contributed by atoms with E-state index < -0.39 is 0 Å². The van der Waals surface area contributed by atoms with Crippen LogP contribution in [0.4, 0.5) is 0 Å². The lowest BCUT2D eigenvalue weighted by Crippen LogP contribution is -2.32. The van der Waals surface area contributed by atoms with Crippen LogP contribution in [0.25, 0.3) is 0 Å². The van der Waals surface area contributed by atoms with E-state index in [1.165, 1.54) is 6.42 Å². The number of furan rings is 1. The lowest BCUT2D eigenvalue weighted by molar-refractivity contribution is 0.103. The molecule has 1 fully saturated rings. The molecule has 1 aliphatic rings. The van der Waals surface area contributed by atoms with Gasteiger partial charge in [-0.25, -0.2) is 0 Å². The monoisotopic (exact) mass is 252 g/mol. The van der Waals surface area contributed by atoms with Gasteiger partial charge < -0.3 is 19.4 Å². The van der Waals surface area contributed by atoms with E-state index in [1.807, 2.05) is 12.1 Å². The highest BCUT2D eigenvalue weighted by Crippen LogP contribution is 2.14. The van der Waals surface area contributed by atoms with E-state index in [0.29, 0.717) is 18.7 Å². The number of nitrogens with zero attached hydrogens (tertiary/aromatic N) is 1. The molecule has 102 valence electrons. The first-order valence-corrected chi connectivity index (χ1v) is 6.79. The molecule has 0 spiro atoms. The summed E-state index contributed by atoms with van der Waals surface area (Å²) in [6, 6.07) is 5.18. The summed E-state index contributed by atoms with van der Waals surface area (Å²) in [7, 11) is 2.19. The van der Waals surface area contributed by atoms with Gasteiger partial charge in [0.2, 0.25) is 0 Å². The van der Waals surface area contributed by atoms with Crippen LogP contribution in [0.3, 0.4) is 0 Å². The van der Waals surface area contributed by atoms with E-state index in [4.69, 9.17) is 9.15 Å². The molecule has 1 aromatic rings. The van der Waals surface area contributed by atoms with Gasteiger partial charge in [0.15, 0.2) is 0 Å². The van der Waals surface area contributed by atoms with Gasteiger partial charge in [-0.05, 0) is 45.5 Å². The molecule has 1 saturated heterocycles. The van der Waals surface area contributed by atoms with Crippen molar-refractivity contribution in [3.8, 4) is 0 Å². The van der Waals surface area contributed by atoms with Gasteiger partial charge in [-0.3, -0.25) is 0 Å². The van der Waals surface area contributed by atoms with Crippen LogP contribution in [0.15, 0.2) is 22.8 Å². The highest BCUT2D eigenvalue weighted by atomic mass is 16.5. The van der Waals surface area contributed by atoms with Crippen molar-refractivity contribution in [2.75, 3.05) is 26.7 Å². The normalized spacial score (nSPS) is 24.8. The lowest BCUT2D eigenvalue weighted by Gasteiger charge is -2.13. The van der Waals surface area contributed by atoms with Crippen molar-refractivity contribution in [3.63, 3.8) is 0 Å². The standard InChI is InChI=1S/C14H24N2O2/c1-12-9-13(10-16(12)2)15-6-4-7-17-11-14-5-3-8-18-14/h3,5,8,12-13,15H,4,6-7,9-11H2,1-2H3. The Labute approximate surface area is 109 Å². The smallest absolute Gasteiger partial charge is 0.129 e. The van der Waals surface area contributed by atoms with Gasteiger partial charge in [0.1, 0.15) is 12.4 Å². The van der Waals surface area contributed by atoms with E-state index in [-0.39, 0.29) is 0 Å². The fraction of sp³-hybridized carbons (Fsp3) is 0.714. The van der Waals surface area contributed by atoms with Crippen molar-refractivity contribution in [3.05, 3.63) is 24.2 Å². The van der Waals surface area contributed by atoms with Gasteiger partial charge >= 0.3 is 0 Å². The van der Waals surface area contributed by atoms with Crippen molar-refractivity contribution in [2.24, 2.45) is 0 Å². The maximum absolute atomic E-state index is 5.54. The molecule has 4 nitrogen and oxygen atoms in total. The molecule has 2 rings (SSSR count).